The third-order valence-corrected chi connectivity index (χ3v) is 3.84. The molecular formula is C18H15FN2O3. The number of aromatic nitrogens is 1. The number of halogens is 1. The van der Waals surface area contributed by atoms with Gasteiger partial charge >= 0.3 is 5.97 Å². The number of hydrogen-bond acceptors (Lipinski definition) is 3. The molecule has 0 atom stereocenters. The highest BCUT2D eigenvalue weighted by atomic mass is 19.1. The predicted molar refractivity (Wildman–Crippen MR) is 88.7 cm³/mol. The summed E-state index contributed by atoms with van der Waals surface area (Å²) >= 11 is 0. The Morgan fingerprint density at radius 3 is 2.62 bits per heavy atom. The highest BCUT2D eigenvalue weighted by molar-refractivity contribution is 6.07. The molecule has 2 N–H and O–H groups in total. The zero-order chi connectivity index (χ0) is 17.3. The molecule has 0 spiro atoms. The van der Waals surface area contributed by atoms with Crippen LogP contribution in [0, 0.1) is 12.7 Å². The lowest BCUT2D eigenvalue weighted by atomic mass is 10.1. The summed E-state index contributed by atoms with van der Waals surface area (Å²) in [7, 11) is 1.30. The van der Waals surface area contributed by atoms with E-state index in [2.05, 4.69) is 10.3 Å². The molecule has 0 radical (unpaired) electrons. The van der Waals surface area contributed by atoms with Crippen LogP contribution in [0.25, 0.3) is 10.9 Å². The number of carbonyl (C=O) groups is 2. The maximum Gasteiger partial charge on any atom is 0.338 e. The molecule has 0 fully saturated rings. The van der Waals surface area contributed by atoms with Crippen LogP contribution in [0.1, 0.15) is 26.4 Å². The van der Waals surface area contributed by atoms with Gasteiger partial charge in [0.1, 0.15) is 11.5 Å². The minimum absolute atomic E-state index is 0.234. The van der Waals surface area contributed by atoms with Gasteiger partial charge in [0, 0.05) is 16.6 Å². The van der Waals surface area contributed by atoms with Crippen LogP contribution >= 0.6 is 0 Å². The number of fused-ring (bicyclic) bond motifs is 1. The smallest absolute Gasteiger partial charge is 0.338 e. The number of carbonyl (C=O) groups excluding carboxylic acids is 2. The fourth-order valence-electron chi connectivity index (χ4n) is 2.53. The molecule has 0 saturated carbocycles. The number of hydrogen-bond donors (Lipinski definition) is 2. The maximum atomic E-state index is 13.7. The molecule has 2 aromatic carbocycles. The van der Waals surface area contributed by atoms with E-state index in [1.807, 2.05) is 0 Å². The molecule has 6 heteroatoms. The lowest BCUT2D eigenvalue weighted by Gasteiger charge is -2.10. The van der Waals surface area contributed by atoms with E-state index < -0.39 is 17.7 Å². The Hall–Kier alpha value is -3.15. The van der Waals surface area contributed by atoms with E-state index in [4.69, 9.17) is 4.74 Å². The van der Waals surface area contributed by atoms with E-state index in [0.29, 0.717) is 27.7 Å². The second-order valence-electron chi connectivity index (χ2n) is 5.31. The van der Waals surface area contributed by atoms with Crippen LogP contribution in [0.2, 0.25) is 0 Å². The largest absolute Gasteiger partial charge is 0.465 e. The first-order valence-corrected chi connectivity index (χ1v) is 7.27. The zero-order valence-electron chi connectivity index (χ0n) is 13.1. The molecule has 0 bridgehead atoms. The SMILES string of the molecule is COC(=O)c1cccc(NC(=O)c2cc3c(F)cccc3[nH]2)c1C. The average molecular weight is 326 g/mol. The Labute approximate surface area is 137 Å². The first-order valence-electron chi connectivity index (χ1n) is 7.27. The quantitative estimate of drug-likeness (QED) is 0.722. The Morgan fingerprint density at radius 1 is 1.17 bits per heavy atom. The summed E-state index contributed by atoms with van der Waals surface area (Å²) in [6.07, 6.45) is 0. The Kier molecular flexibility index (Phi) is 4.04. The third kappa shape index (κ3) is 2.74. The van der Waals surface area contributed by atoms with Crippen molar-refractivity contribution in [3.63, 3.8) is 0 Å². The maximum absolute atomic E-state index is 13.7. The monoisotopic (exact) mass is 326 g/mol. The summed E-state index contributed by atoms with van der Waals surface area (Å²) in [4.78, 5) is 27.0. The first kappa shape index (κ1) is 15.7. The number of benzene rings is 2. The van der Waals surface area contributed by atoms with E-state index >= 15 is 0 Å². The summed E-state index contributed by atoms with van der Waals surface area (Å²) in [6, 6.07) is 11.0. The summed E-state index contributed by atoms with van der Waals surface area (Å²) in [6.45, 7) is 1.72. The van der Waals surface area contributed by atoms with Crippen molar-refractivity contribution in [1.29, 1.82) is 0 Å². The second kappa shape index (κ2) is 6.16. The van der Waals surface area contributed by atoms with Crippen LogP contribution in [0.5, 0.6) is 0 Å². The van der Waals surface area contributed by atoms with Crippen molar-refractivity contribution in [2.45, 2.75) is 6.92 Å². The highest BCUT2D eigenvalue weighted by Crippen LogP contribution is 2.22. The fraction of sp³-hybridized carbons (Fsp3) is 0.111. The van der Waals surface area contributed by atoms with Crippen molar-refractivity contribution < 1.29 is 18.7 Å². The molecule has 1 amide bonds. The lowest BCUT2D eigenvalue weighted by molar-refractivity contribution is 0.0599. The van der Waals surface area contributed by atoms with E-state index in [1.165, 1.54) is 19.2 Å². The summed E-state index contributed by atoms with van der Waals surface area (Å²) in [5.41, 5.74) is 2.23. The Balaban J connectivity index is 1.92. The fourth-order valence-corrected chi connectivity index (χ4v) is 2.53. The molecule has 0 saturated heterocycles. The van der Waals surface area contributed by atoms with E-state index in [0.717, 1.165) is 0 Å². The normalized spacial score (nSPS) is 10.6. The molecule has 0 aliphatic rings. The molecule has 3 aromatic rings. The number of esters is 1. The molecule has 1 aromatic heterocycles. The van der Waals surface area contributed by atoms with Gasteiger partial charge in [-0.2, -0.15) is 0 Å². The molecule has 0 aliphatic heterocycles. The van der Waals surface area contributed by atoms with E-state index in [9.17, 15) is 14.0 Å². The van der Waals surface area contributed by atoms with Crippen molar-refractivity contribution in [3.05, 3.63) is 65.1 Å². The standard InChI is InChI=1S/C18H15FN2O3/c1-10-11(18(23)24-2)5-3-7-14(10)21-17(22)16-9-12-13(19)6-4-8-15(12)20-16/h3-9,20H,1-2H3,(H,21,22). The highest BCUT2D eigenvalue weighted by Gasteiger charge is 2.16. The van der Waals surface area contributed by atoms with Gasteiger partial charge < -0.3 is 15.0 Å². The minimum Gasteiger partial charge on any atom is -0.465 e. The summed E-state index contributed by atoms with van der Waals surface area (Å²) < 4.78 is 18.4. The topological polar surface area (TPSA) is 71.2 Å². The number of ether oxygens (including phenoxy) is 1. The van der Waals surface area contributed by atoms with Gasteiger partial charge in [-0.1, -0.05) is 12.1 Å². The van der Waals surface area contributed by atoms with Gasteiger partial charge in [0.25, 0.3) is 5.91 Å². The molecule has 0 aliphatic carbocycles. The molecule has 5 nitrogen and oxygen atoms in total. The number of amides is 1. The summed E-state index contributed by atoms with van der Waals surface area (Å²) in [5.74, 6) is -1.29. The predicted octanol–water partition coefficient (Wildman–Crippen LogP) is 3.65. The van der Waals surface area contributed by atoms with Gasteiger partial charge in [0.05, 0.1) is 12.7 Å². The van der Waals surface area contributed by atoms with Gasteiger partial charge in [-0.05, 0) is 42.8 Å². The molecular weight excluding hydrogens is 311 g/mol. The van der Waals surface area contributed by atoms with Crippen molar-refractivity contribution in [2.24, 2.45) is 0 Å². The Bertz CT molecular complexity index is 947. The zero-order valence-corrected chi connectivity index (χ0v) is 13.1. The van der Waals surface area contributed by atoms with Crippen LogP contribution in [0.4, 0.5) is 10.1 Å². The van der Waals surface area contributed by atoms with Gasteiger partial charge in [0.15, 0.2) is 0 Å². The Morgan fingerprint density at radius 2 is 1.92 bits per heavy atom. The third-order valence-electron chi connectivity index (χ3n) is 3.84. The number of rotatable bonds is 3. The minimum atomic E-state index is -0.476. The van der Waals surface area contributed by atoms with Gasteiger partial charge in [-0.25, -0.2) is 9.18 Å². The van der Waals surface area contributed by atoms with Gasteiger partial charge in [-0.3, -0.25) is 4.79 Å². The van der Waals surface area contributed by atoms with Crippen molar-refractivity contribution in [1.82, 2.24) is 4.98 Å². The summed E-state index contributed by atoms with van der Waals surface area (Å²) in [5, 5.41) is 3.08. The number of aromatic amines is 1. The molecule has 3 rings (SSSR count). The first-order chi connectivity index (χ1) is 11.5. The van der Waals surface area contributed by atoms with Crippen molar-refractivity contribution in [2.75, 3.05) is 12.4 Å². The van der Waals surface area contributed by atoms with E-state index in [-0.39, 0.29) is 5.69 Å². The number of anilines is 1. The molecule has 1 heterocycles. The van der Waals surface area contributed by atoms with Crippen molar-refractivity contribution >= 4 is 28.5 Å². The van der Waals surface area contributed by atoms with Gasteiger partial charge in [-0.15, -0.1) is 0 Å². The van der Waals surface area contributed by atoms with Gasteiger partial charge in [0.2, 0.25) is 0 Å². The number of nitrogens with one attached hydrogen (secondary N) is 2. The van der Waals surface area contributed by atoms with Crippen LogP contribution in [0.15, 0.2) is 42.5 Å². The van der Waals surface area contributed by atoms with Crippen LogP contribution in [0.3, 0.4) is 0 Å². The average Bonchev–Trinajstić information content (AvgIpc) is 3.02. The van der Waals surface area contributed by atoms with Crippen molar-refractivity contribution in [3.8, 4) is 0 Å². The number of H-pyrrole nitrogens is 1. The number of methoxy groups -OCH3 is 1. The molecule has 0 unspecified atom stereocenters. The van der Waals surface area contributed by atoms with E-state index in [1.54, 1.807) is 37.3 Å². The molecule has 24 heavy (non-hydrogen) atoms. The second-order valence-corrected chi connectivity index (χ2v) is 5.31. The van der Waals surface area contributed by atoms with Crippen LogP contribution in [-0.4, -0.2) is 24.0 Å². The lowest BCUT2D eigenvalue weighted by Crippen LogP contribution is -2.14. The molecule has 122 valence electrons. The van der Waals surface area contributed by atoms with Crippen LogP contribution < -0.4 is 5.32 Å². The van der Waals surface area contributed by atoms with Crippen LogP contribution in [-0.2, 0) is 4.74 Å².